The summed E-state index contributed by atoms with van der Waals surface area (Å²) in [7, 11) is 0. The second-order valence-electron chi connectivity index (χ2n) is 6.39. The summed E-state index contributed by atoms with van der Waals surface area (Å²) in [5.41, 5.74) is 1.91. The van der Waals surface area contributed by atoms with E-state index in [0.29, 0.717) is 5.92 Å². The number of amides is 1. The number of rotatable bonds is 2. The Balaban J connectivity index is 1.43. The molecule has 0 saturated carbocycles. The van der Waals surface area contributed by atoms with E-state index >= 15 is 0 Å². The average Bonchev–Trinajstić information content (AvgIpc) is 3.15. The van der Waals surface area contributed by atoms with Gasteiger partial charge in [0.2, 0.25) is 0 Å². The van der Waals surface area contributed by atoms with E-state index < -0.39 is 0 Å². The van der Waals surface area contributed by atoms with Crippen LogP contribution in [0.25, 0.3) is 11.0 Å². The first kappa shape index (κ1) is 14.6. The monoisotopic (exact) mass is 311 g/mol. The van der Waals surface area contributed by atoms with Crippen LogP contribution < -0.4 is 0 Å². The predicted octanol–water partition coefficient (Wildman–Crippen LogP) is 2.51. The summed E-state index contributed by atoms with van der Waals surface area (Å²) < 4.78 is 5.52. The van der Waals surface area contributed by atoms with Crippen molar-refractivity contribution in [1.29, 1.82) is 0 Å². The van der Waals surface area contributed by atoms with Gasteiger partial charge >= 0.3 is 0 Å². The lowest BCUT2D eigenvalue weighted by Crippen LogP contribution is -2.43. The first-order valence-corrected chi connectivity index (χ1v) is 8.43. The number of nitrogens with zero attached hydrogens (tertiary/aromatic N) is 3. The zero-order valence-electron chi connectivity index (χ0n) is 13.1. The summed E-state index contributed by atoms with van der Waals surface area (Å²) in [4.78, 5) is 23.4. The number of hydrogen-bond donors (Lipinski definition) is 0. The van der Waals surface area contributed by atoms with Crippen molar-refractivity contribution >= 4 is 16.9 Å². The Labute approximate surface area is 135 Å². The van der Waals surface area contributed by atoms with E-state index in [1.54, 1.807) is 6.20 Å². The Morgan fingerprint density at radius 1 is 1.17 bits per heavy atom. The van der Waals surface area contributed by atoms with E-state index in [0.717, 1.165) is 62.1 Å². The summed E-state index contributed by atoms with van der Waals surface area (Å²) in [6.07, 6.45) is 5.38. The number of carbonyl (C=O) groups excluding carboxylic acids is 1. The molecule has 1 atom stereocenters. The Kier molecular flexibility index (Phi) is 3.95. The third-order valence-corrected chi connectivity index (χ3v) is 4.92. The Morgan fingerprint density at radius 3 is 2.83 bits per heavy atom. The van der Waals surface area contributed by atoms with Crippen LogP contribution in [-0.2, 0) is 9.53 Å². The number of likely N-dealkylation sites (tertiary alicyclic amines) is 1. The van der Waals surface area contributed by atoms with E-state index in [9.17, 15) is 4.79 Å². The minimum Gasteiger partial charge on any atom is -0.368 e. The number of aromatic nitrogens is 2. The Bertz CT molecular complexity index is 704. The fourth-order valence-electron chi connectivity index (χ4n) is 3.57. The molecule has 4 heterocycles. The molecule has 5 nitrogen and oxygen atoms in total. The van der Waals surface area contributed by atoms with E-state index in [-0.39, 0.29) is 12.0 Å². The molecule has 2 fully saturated rings. The van der Waals surface area contributed by atoms with Gasteiger partial charge in [0.15, 0.2) is 5.65 Å². The van der Waals surface area contributed by atoms with Crippen molar-refractivity contribution < 1.29 is 9.53 Å². The molecule has 0 aliphatic carbocycles. The molecule has 0 aromatic carbocycles. The van der Waals surface area contributed by atoms with Gasteiger partial charge in [-0.15, -0.1) is 0 Å². The molecule has 0 radical (unpaired) electrons. The second kappa shape index (κ2) is 6.24. The summed E-state index contributed by atoms with van der Waals surface area (Å²) in [5, 5.41) is 1.07. The topological polar surface area (TPSA) is 55.3 Å². The average molecular weight is 311 g/mol. The van der Waals surface area contributed by atoms with Crippen LogP contribution in [-0.4, -0.2) is 46.6 Å². The lowest BCUT2D eigenvalue weighted by molar-refractivity contribution is -0.142. The van der Waals surface area contributed by atoms with Gasteiger partial charge in [-0.2, -0.15) is 0 Å². The summed E-state index contributed by atoms with van der Waals surface area (Å²) in [5.74, 6) is 0.587. The van der Waals surface area contributed by atoms with Crippen LogP contribution >= 0.6 is 0 Å². The smallest absolute Gasteiger partial charge is 0.251 e. The van der Waals surface area contributed by atoms with Crippen LogP contribution in [0.1, 0.15) is 37.3 Å². The molecule has 5 heteroatoms. The second-order valence-corrected chi connectivity index (χ2v) is 6.39. The van der Waals surface area contributed by atoms with Crippen LogP contribution in [0.3, 0.4) is 0 Å². The molecule has 2 saturated heterocycles. The van der Waals surface area contributed by atoms with Gasteiger partial charge in [0.25, 0.3) is 5.91 Å². The molecule has 2 aliphatic heterocycles. The van der Waals surface area contributed by atoms with E-state index in [4.69, 9.17) is 9.72 Å². The van der Waals surface area contributed by atoms with E-state index in [1.807, 2.05) is 17.0 Å². The molecule has 0 N–H and O–H groups in total. The molecular formula is C18H21N3O2. The van der Waals surface area contributed by atoms with Crippen LogP contribution in [0, 0.1) is 0 Å². The van der Waals surface area contributed by atoms with Gasteiger partial charge < -0.3 is 9.64 Å². The van der Waals surface area contributed by atoms with Crippen LogP contribution in [0.2, 0.25) is 0 Å². The number of ether oxygens (including phenoxy) is 1. The Hall–Kier alpha value is -2.01. The lowest BCUT2D eigenvalue weighted by atomic mass is 9.92. The molecule has 120 valence electrons. The number of fused-ring (bicyclic) bond motifs is 1. The van der Waals surface area contributed by atoms with E-state index in [1.165, 1.54) is 0 Å². The van der Waals surface area contributed by atoms with Crippen molar-refractivity contribution in [2.75, 3.05) is 19.7 Å². The van der Waals surface area contributed by atoms with Gasteiger partial charge in [-0.05, 0) is 49.9 Å². The molecular weight excluding hydrogens is 290 g/mol. The molecule has 2 aromatic rings. The molecule has 4 rings (SSSR count). The highest BCUT2D eigenvalue weighted by Gasteiger charge is 2.31. The van der Waals surface area contributed by atoms with Crippen molar-refractivity contribution in [2.24, 2.45) is 0 Å². The maximum Gasteiger partial charge on any atom is 0.251 e. The number of piperidine rings is 1. The third kappa shape index (κ3) is 2.93. The zero-order chi connectivity index (χ0) is 15.6. The maximum absolute atomic E-state index is 12.4. The van der Waals surface area contributed by atoms with Gasteiger partial charge in [-0.1, -0.05) is 0 Å². The normalized spacial score (nSPS) is 22.6. The van der Waals surface area contributed by atoms with Gasteiger partial charge in [-0.25, -0.2) is 9.97 Å². The van der Waals surface area contributed by atoms with Crippen LogP contribution in [0.5, 0.6) is 0 Å². The fourth-order valence-corrected chi connectivity index (χ4v) is 3.57. The zero-order valence-corrected chi connectivity index (χ0v) is 13.1. The van der Waals surface area contributed by atoms with Gasteiger partial charge in [0.05, 0.1) is 0 Å². The highest BCUT2D eigenvalue weighted by Crippen LogP contribution is 2.28. The standard InChI is InChI=1S/C18H21N3O2/c22-18(16-4-2-12-23-16)21-10-7-13(8-11-21)15-6-5-14-3-1-9-19-17(14)20-15/h1,3,5-6,9,13,16H,2,4,7-8,10-12H2. The van der Waals surface area contributed by atoms with Gasteiger partial charge in [0.1, 0.15) is 6.10 Å². The number of pyridine rings is 2. The SMILES string of the molecule is O=C(C1CCCO1)N1CCC(c2ccc3cccnc3n2)CC1. The highest BCUT2D eigenvalue weighted by molar-refractivity contribution is 5.81. The summed E-state index contributed by atoms with van der Waals surface area (Å²) in [6, 6.07) is 8.15. The molecule has 2 aromatic heterocycles. The third-order valence-electron chi connectivity index (χ3n) is 4.92. The molecule has 2 aliphatic rings. The molecule has 0 spiro atoms. The summed E-state index contributed by atoms with van der Waals surface area (Å²) in [6.45, 7) is 2.32. The maximum atomic E-state index is 12.4. The first-order valence-electron chi connectivity index (χ1n) is 8.43. The Morgan fingerprint density at radius 2 is 2.04 bits per heavy atom. The largest absolute Gasteiger partial charge is 0.368 e. The molecule has 1 unspecified atom stereocenters. The number of carbonyl (C=O) groups is 1. The number of hydrogen-bond acceptors (Lipinski definition) is 4. The fraction of sp³-hybridized carbons (Fsp3) is 0.500. The van der Waals surface area contributed by atoms with Crippen molar-refractivity contribution in [3.05, 3.63) is 36.2 Å². The highest BCUT2D eigenvalue weighted by atomic mass is 16.5. The summed E-state index contributed by atoms with van der Waals surface area (Å²) >= 11 is 0. The lowest BCUT2D eigenvalue weighted by Gasteiger charge is -2.33. The van der Waals surface area contributed by atoms with Crippen LogP contribution in [0.15, 0.2) is 30.5 Å². The van der Waals surface area contributed by atoms with Crippen LogP contribution in [0.4, 0.5) is 0 Å². The van der Waals surface area contributed by atoms with Gasteiger partial charge in [-0.3, -0.25) is 4.79 Å². The van der Waals surface area contributed by atoms with Crippen molar-refractivity contribution in [1.82, 2.24) is 14.9 Å². The minimum atomic E-state index is -0.199. The molecule has 23 heavy (non-hydrogen) atoms. The van der Waals surface area contributed by atoms with E-state index in [2.05, 4.69) is 17.1 Å². The van der Waals surface area contributed by atoms with Crippen molar-refractivity contribution in [3.8, 4) is 0 Å². The van der Waals surface area contributed by atoms with Crippen molar-refractivity contribution in [2.45, 2.75) is 37.7 Å². The molecule has 1 amide bonds. The minimum absolute atomic E-state index is 0.175. The first-order chi connectivity index (χ1) is 11.3. The van der Waals surface area contributed by atoms with Gasteiger partial charge in [0, 0.05) is 42.9 Å². The van der Waals surface area contributed by atoms with Crippen molar-refractivity contribution in [3.63, 3.8) is 0 Å². The molecule has 0 bridgehead atoms. The quantitative estimate of drug-likeness (QED) is 0.855. The predicted molar refractivity (Wildman–Crippen MR) is 87.1 cm³/mol.